The Hall–Kier alpha value is -2.77. The van der Waals surface area contributed by atoms with Crippen LogP contribution < -0.4 is 21.1 Å². The molecule has 1 aromatic rings. The number of nitrogens with one attached hydrogen (secondary N) is 2. The number of nitrogens with two attached hydrogens (primary N) is 1. The minimum Gasteiger partial charge on any atom is -0.480 e. The molecule has 0 radical (unpaired) electrons. The van der Waals surface area contributed by atoms with Gasteiger partial charge in [-0.1, -0.05) is 0 Å². The number of carbonyl (C=O) groups is 3. The van der Waals surface area contributed by atoms with Gasteiger partial charge in [-0.15, -0.1) is 0 Å². The van der Waals surface area contributed by atoms with Gasteiger partial charge in [0.1, 0.15) is 11.3 Å². The number of hydrogen-bond acceptors (Lipinski definition) is 5. The summed E-state index contributed by atoms with van der Waals surface area (Å²) in [5, 5.41) is 13.5. The van der Waals surface area contributed by atoms with Crippen molar-refractivity contribution in [3.63, 3.8) is 0 Å². The van der Waals surface area contributed by atoms with Gasteiger partial charge < -0.3 is 20.9 Å². The number of carboxylic acids is 1. The molecule has 0 saturated carbocycles. The molecule has 114 valence electrons. The quantitative estimate of drug-likeness (QED) is 0.588. The second kappa shape index (κ2) is 7.13. The number of ether oxygens (including phenoxy) is 1. The third-order valence-corrected chi connectivity index (χ3v) is 2.48. The van der Waals surface area contributed by atoms with Crippen molar-refractivity contribution < 1.29 is 24.2 Å². The molecule has 5 N–H and O–H groups in total. The van der Waals surface area contributed by atoms with Gasteiger partial charge >= 0.3 is 12.0 Å². The fourth-order valence-electron chi connectivity index (χ4n) is 1.48. The van der Waals surface area contributed by atoms with Gasteiger partial charge in [0, 0.05) is 18.3 Å². The Morgan fingerprint density at radius 2 is 2.05 bits per heavy atom. The number of anilines is 1. The smallest absolute Gasteiger partial charge is 0.339 e. The highest BCUT2D eigenvalue weighted by Gasteiger charge is 2.20. The number of amides is 3. The molecule has 0 heterocycles. The lowest BCUT2D eigenvalue weighted by Crippen LogP contribution is -2.45. The van der Waals surface area contributed by atoms with Gasteiger partial charge in [0.15, 0.2) is 6.10 Å². The normalized spacial score (nSPS) is 11.3. The van der Waals surface area contributed by atoms with Crippen molar-refractivity contribution in [3.8, 4) is 5.75 Å². The lowest BCUT2D eigenvalue weighted by Gasteiger charge is -2.16. The molecular formula is C13H17N3O5. The van der Waals surface area contributed by atoms with Crippen molar-refractivity contribution in [2.24, 2.45) is 0 Å². The van der Waals surface area contributed by atoms with Crippen LogP contribution in [-0.2, 0) is 4.79 Å². The number of benzene rings is 1. The zero-order valence-electron chi connectivity index (χ0n) is 11.7. The maximum atomic E-state index is 11.7. The monoisotopic (exact) mass is 295 g/mol. The first-order valence-corrected chi connectivity index (χ1v) is 6.23. The number of rotatable bonds is 5. The summed E-state index contributed by atoms with van der Waals surface area (Å²) in [5.74, 6) is -1.94. The number of carbonyl (C=O) groups excluding carboxylic acids is 2. The largest absolute Gasteiger partial charge is 0.480 e. The summed E-state index contributed by atoms with van der Waals surface area (Å²) in [6, 6.07) is 3.35. The highest BCUT2D eigenvalue weighted by molar-refractivity contribution is 5.97. The number of carboxylic acid groups (broad SMARTS) is 1. The van der Waals surface area contributed by atoms with Crippen LogP contribution in [0.3, 0.4) is 0 Å². The average Bonchev–Trinajstić information content (AvgIpc) is 2.38. The van der Waals surface area contributed by atoms with E-state index in [9.17, 15) is 14.4 Å². The molecule has 0 saturated heterocycles. The topological polar surface area (TPSA) is 131 Å². The first kappa shape index (κ1) is 16.3. The van der Waals surface area contributed by atoms with Crippen molar-refractivity contribution in [1.82, 2.24) is 10.6 Å². The molecule has 1 rings (SSSR count). The van der Waals surface area contributed by atoms with E-state index in [2.05, 4.69) is 10.6 Å². The molecule has 21 heavy (non-hydrogen) atoms. The van der Waals surface area contributed by atoms with Crippen LogP contribution in [0.15, 0.2) is 18.2 Å². The maximum absolute atomic E-state index is 11.7. The fraction of sp³-hybridized carbons (Fsp3) is 0.308. The molecule has 0 spiro atoms. The minimum absolute atomic E-state index is 0.0407. The van der Waals surface area contributed by atoms with Gasteiger partial charge in [-0.3, -0.25) is 10.1 Å². The molecule has 0 aromatic heterocycles. The van der Waals surface area contributed by atoms with E-state index in [4.69, 9.17) is 15.6 Å². The molecule has 0 aliphatic carbocycles. The van der Waals surface area contributed by atoms with Crippen LogP contribution in [0, 0.1) is 0 Å². The Bertz CT molecular complexity index is 559. The third kappa shape index (κ3) is 4.68. The molecule has 0 bridgehead atoms. The second-order valence-corrected chi connectivity index (χ2v) is 4.17. The first-order chi connectivity index (χ1) is 9.85. The van der Waals surface area contributed by atoms with E-state index in [0.717, 1.165) is 0 Å². The maximum Gasteiger partial charge on any atom is 0.339 e. The summed E-state index contributed by atoms with van der Waals surface area (Å²) < 4.78 is 5.28. The van der Waals surface area contributed by atoms with E-state index >= 15 is 0 Å². The molecule has 1 aromatic carbocycles. The molecule has 0 aliphatic heterocycles. The molecule has 0 fully saturated rings. The van der Waals surface area contributed by atoms with Crippen LogP contribution in [-0.4, -0.2) is 35.7 Å². The Balaban J connectivity index is 2.80. The number of nitrogen functional groups attached to an aromatic ring is 1. The minimum atomic E-state index is -1.21. The van der Waals surface area contributed by atoms with Crippen LogP contribution >= 0.6 is 0 Å². The Morgan fingerprint density at radius 1 is 1.38 bits per heavy atom. The van der Waals surface area contributed by atoms with E-state index in [1.54, 1.807) is 6.92 Å². The Labute approximate surface area is 121 Å². The summed E-state index contributed by atoms with van der Waals surface area (Å²) in [5.41, 5.74) is 5.74. The van der Waals surface area contributed by atoms with E-state index in [1.807, 2.05) is 0 Å². The van der Waals surface area contributed by atoms with Crippen LogP contribution in [0.4, 0.5) is 10.5 Å². The van der Waals surface area contributed by atoms with Gasteiger partial charge in [0.25, 0.3) is 5.91 Å². The lowest BCUT2D eigenvalue weighted by atomic mass is 10.2. The van der Waals surface area contributed by atoms with Crippen molar-refractivity contribution in [1.29, 1.82) is 0 Å². The molecule has 8 heteroatoms. The summed E-state index contributed by atoms with van der Waals surface area (Å²) in [4.78, 5) is 34.0. The standard InChI is InChI=1S/C13H17N3O5/c1-3-15-13(20)16-11(17)7(2)21-10-6-8(14)4-5-9(10)12(18)19/h4-7H,3,14H2,1-2H3,(H,18,19)(H2,15,16,17,20). The van der Waals surface area contributed by atoms with E-state index in [1.165, 1.54) is 25.1 Å². The van der Waals surface area contributed by atoms with Crippen LogP contribution in [0.5, 0.6) is 5.75 Å². The molecule has 3 amide bonds. The molecule has 0 aliphatic rings. The molecule has 1 unspecified atom stereocenters. The van der Waals surface area contributed by atoms with Crippen LogP contribution in [0.2, 0.25) is 0 Å². The Morgan fingerprint density at radius 3 is 2.62 bits per heavy atom. The van der Waals surface area contributed by atoms with Crippen molar-refractivity contribution in [3.05, 3.63) is 23.8 Å². The summed E-state index contributed by atoms with van der Waals surface area (Å²) in [6.45, 7) is 3.46. The fourth-order valence-corrected chi connectivity index (χ4v) is 1.48. The highest BCUT2D eigenvalue weighted by Crippen LogP contribution is 2.23. The predicted molar refractivity (Wildman–Crippen MR) is 75.1 cm³/mol. The van der Waals surface area contributed by atoms with Gasteiger partial charge in [0.2, 0.25) is 0 Å². The van der Waals surface area contributed by atoms with E-state index in [-0.39, 0.29) is 11.3 Å². The third-order valence-electron chi connectivity index (χ3n) is 2.48. The highest BCUT2D eigenvalue weighted by atomic mass is 16.5. The average molecular weight is 295 g/mol. The van der Waals surface area contributed by atoms with Gasteiger partial charge in [-0.25, -0.2) is 9.59 Å². The zero-order chi connectivity index (χ0) is 16.0. The number of aromatic carboxylic acids is 1. The zero-order valence-corrected chi connectivity index (χ0v) is 11.7. The van der Waals surface area contributed by atoms with Crippen LogP contribution in [0.25, 0.3) is 0 Å². The van der Waals surface area contributed by atoms with Crippen molar-refractivity contribution in [2.75, 3.05) is 12.3 Å². The first-order valence-electron chi connectivity index (χ1n) is 6.23. The second-order valence-electron chi connectivity index (χ2n) is 4.17. The summed E-state index contributed by atoms with van der Waals surface area (Å²) in [7, 11) is 0. The van der Waals surface area contributed by atoms with Crippen LogP contribution in [0.1, 0.15) is 24.2 Å². The summed E-state index contributed by atoms with van der Waals surface area (Å²) >= 11 is 0. The predicted octanol–water partition coefficient (Wildman–Crippen LogP) is 0.580. The number of imide groups is 1. The molecule has 8 nitrogen and oxygen atoms in total. The Kier molecular flexibility index (Phi) is 5.53. The summed E-state index contributed by atoms with van der Waals surface area (Å²) in [6.07, 6.45) is -1.06. The lowest BCUT2D eigenvalue weighted by molar-refractivity contribution is -0.126. The van der Waals surface area contributed by atoms with Crippen molar-refractivity contribution >= 4 is 23.6 Å². The van der Waals surface area contributed by atoms with Gasteiger partial charge in [0.05, 0.1) is 0 Å². The SMILES string of the molecule is CCNC(=O)NC(=O)C(C)Oc1cc(N)ccc1C(=O)O. The van der Waals surface area contributed by atoms with Gasteiger partial charge in [-0.05, 0) is 26.0 Å². The van der Waals surface area contributed by atoms with E-state index in [0.29, 0.717) is 12.2 Å². The number of hydrogen-bond donors (Lipinski definition) is 4. The molecular weight excluding hydrogens is 278 g/mol. The number of urea groups is 1. The van der Waals surface area contributed by atoms with Crippen molar-refractivity contribution in [2.45, 2.75) is 20.0 Å². The van der Waals surface area contributed by atoms with E-state index < -0.39 is 24.0 Å². The molecule has 1 atom stereocenters. The van der Waals surface area contributed by atoms with Gasteiger partial charge in [-0.2, -0.15) is 0 Å².